The summed E-state index contributed by atoms with van der Waals surface area (Å²) in [5.41, 5.74) is 0.271. The Morgan fingerprint density at radius 2 is 1.93 bits per heavy atom. The van der Waals surface area contributed by atoms with Crippen molar-refractivity contribution >= 4 is 54.4 Å². The van der Waals surface area contributed by atoms with Gasteiger partial charge in [0.1, 0.15) is 5.52 Å². The minimum atomic E-state index is -0.392. The maximum atomic E-state index is 13.5. The van der Waals surface area contributed by atoms with Crippen molar-refractivity contribution in [2.24, 2.45) is 0 Å². The summed E-state index contributed by atoms with van der Waals surface area (Å²) >= 11 is 12.3. The minimum absolute atomic E-state index is 0.271. The van der Waals surface area contributed by atoms with Crippen LogP contribution >= 0.6 is 43.5 Å². The first-order valence-electron chi connectivity index (χ1n) is 3.69. The second-order valence-corrected chi connectivity index (χ2v) is 4.76. The van der Waals surface area contributed by atoms with Gasteiger partial charge in [-0.2, -0.15) is 0 Å². The third kappa shape index (κ3) is 1.55. The van der Waals surface area contributed by atoms with E-state index in [4.69, 9.17) is 11.6 Å². The Balaban J connectivity index is 2.94. The van der Waals surface area contributed by atoms with Gasteiger partial charge in [-0.25, -0.2) is 4.39 Å². The molecule has 2 aromatic rings. The predicted molar refractivity (Wildman–Crippen MR) is 62.1 cm³/mol. The predicted octanol–water partition coefficient (Wildman–Crippen LogP) is 4.55. The van der Waals surface area contributed by atoms with Gasteiger partial charge in [-0.05, 0) is 44.0 Å². The van der Waals surface area contributed by atoms with E-state index in [0.29, 0.717) is 19.4 Å². The fourth-order valence-corrected chi connectivity index (χ4v) is 1.99. The van der Waals surface area contributed by atoms with E-state index < -0.39 is 5.82 Å². The smallest absolute Gasteiger partial charge is 0.163 e. The Bertz CT molecular complexity index is 468. The Kier molecular flexibility index (Phi) is 2.77. The highest BCUT2D eigenvalue weighted by molar-refractivity contribution is 9.10. The van der Waals surface area contributed by atoms with Crippen LogP contribution in [0, 0.1) is 5.82 Å². The van der Waals surface area contributed by atoms with Gasteiger partial charge in [0.05, 0.1) is 14.0 Å². The molecule has 1 heterocycles. The number of nitrogens with zero attached hydrogens (tertiary/aromatic N) is 1. The second-order valence-electron chi connectivity index (χ2n) is 2.68. The van der Waals surface area contributed by atoms with Crippen molar-refractivity contribution in [3.05, 3.63) is 38.1 Å². The lowest BCUT2D eigenvalue weighted by Crippen LogP contribution is -1.87. The molecule has 0 amide bonds. The molecule has 0 fully saturated rings. The summed E-state index contributed by atoms with van der Waals surface area (Å²) < 4.78 is 14.6. The summed E-state index contributed by atoms with van der Waals surface area (Å²) in [4.78, 5) is 3.97. The molecule has 2 rings (SSSR count). The molecule has 0 unspecified atom stereocenters. The van der Waals surface area contributed by atoms with Gasteiger partial charge < -0.3 is 0 Å². The van der Waals surface area contributed by atoms with E-state index in [9.17, 15) is 4.39 Å². The van der Waals surface area contributed by atoms with E-state index in [1.165, 1.54) is 6.20 Å². The first-order chi connectivity index (χ1) is 6.61. The van der Waals surface area contributed by atoms with Crippen LogP contribution in [0.3, 0.4) is 0 Å². The molecule has 0 bridgehead atoms. The molecule has 0 aliphatic carbocycles. The standard InChI is InChI=1S/C9H3Br2ClFN/c10-5-2-1-4-7(12)6(11)3-14-9(4)8(5)13/h1-3H. The van der Waals surface area contributed by atoms with Crippen molar-refractivity contribution in [1.29, 1.82) is 0 Å². The molecule has 72 valence electrons. The van der Waals surface area contributed by atoms with Crippen LogP contribution in [0.4, 0.5) is 4.39 Å². The van der Waals surface area contributed by atoms with Gasteiger partial charge in [-0.1, -0.05) is 11.6 Å². The second kappa shape index (κ2) is 3.76. The number of fused-ring (bicyclic) bond motifs is 1. The topological polar surface area (TPSA) is 12.9 Å². The van der Waals surface area contributed by atoms with Gasteiger partial charge in [-0.15, -0.1) is 0 Å². The molecule has 1 nitrogen and oxygen atoms in total. The zero-order valence-corrected chi connectivity index (χ0v) is 10.6. The van der Waals surface area contributed by atoms with Gasteiger partial charge in [0.15, 0.2) is 5.82 Å². The highest BCUT2D eigenvalue weighted by Crippen LogP contribution is 2.32. The van der Waals surface area contributed by atoms with Gasteiger partial charge in [-0.3, -0.25) is 4.98 Å². The highest BCUT2D eigenvalue weighted by Gasteiger charge is 2.10. The lowest BCUT2D eigenvalue weighted by molar-refractivity contribution is 0.630. The molecule has 0 aliphatic heterocycles. The number of halogens is 4. The van der Waals surface area contributed by atoms with E-state index in [1.807, 2.05) is 0 Å². The SMILES string of the molecule is Fc1c(Br)ccc2c(Cl)c(Br)cnc12. The third-order valence-electron chi connectivity index (χ3n) is 1.82. The van der Waals surface area contributed by atoms with E-state index >= 15 is 0 Å². The largest absolute Gasteiger partial charge is 0.252 e. The molecule has 1 aromatic carbocycles. The number of rotatable bonds is 0. The lowest BCUT2D eigenvalue weighted by Gasteiger charge is -2.03. The average Bonchev–Trinajstić information content (AvgIpc) is 2.17. The summed E-state index contributed by atoms with van der Waals surface area (Å²) in [5, 5.41) is 1.07. The molecule has 5 heteroatoms. The molecule has 14 heavy (non-hydrogen) atoms. The molecular formula is C9H3Br2ClFN. The Hall–Kier alpha value is -0.190. The van der Waals surface area contributed by atoms with Crippen molar-refractivity contribution < 1.29 is 4.39 Å². The summed E-state index contributed by atoms with van der Waals surface area (Å²) in [6, 6.07) is 3.33. The summed E-state index contributed by atoms with van der Waals surface area (Å²) in [6.07, 6.45) is 1.49. The third-order valence-corrected chi connectivity index (χ3v) is 3.67. The first-order valence-corrected chi connectivity index (χ1v) is 5.65. The average molecular weight is 339 g/mol. The molecule has 1 aromatic heterocycles. The number of aromatic nitrogens is 1. The molecule has 0 N–H and O–H groups in total. The van der Waals surface area contributed by atoms with E-state index in [0.717, 1.165) is 0 Å². The van der Waals surface area contributed by atoms with Gasteiger partial charge >= 0.3 is 0 Å². The Morgan fingerprint density at radius 1 is 1.21 bits per heavy atom. The summed E-state index contributed by atoms with van der Waals surface area (Å²) in [5.74, 6) is -0.392. The molecule has 0 atom stereocenters. The number of benzene rings is 1. The zero-order chi connectivity index (χ0) is 10.3. The van der Waals surface area contributed by atoms with Gasteiger partial charge in [0, 0.05) is 11.6 Å². The van der Waals surface area contributed by atoms with Crippen LogP contribution in [0.5, 0.6) is 0 Å². The Labute approximate surface area is 102 Å². The van der Waals surface area contributed by atoms with Gasteiger partial charge in [0.2, 0.25) is 0 Å². The van der Waals surface area contributed by atoms with Crippen LogP contribution in [0.25, 0.3) is 10.9 Å². The molecular weight excluding hydrogens is 336 g/mol. The van der Waals surface area contributed by atoms with Crippen LogP contribution in [0.1, 0.15) is 0 Å². The molecule has 0 spiro atoms. The zero-order valence-electron chi connectivity index (χ0n) is 6.69. The Morgan fingerprint density at radius 3 is 2.64 bits per heavy atom. The first kappa shape index (κ1) is 10.3. The van der Waals surface area contributed by atoms with Crippen LogP contribution in [0.15, 0.2) is 27.3 Å². The van der Waals surface area contributed by atoms with Gasteiger partial charge in [0.25, 0.3) is 0 Å². The number of hydrogen-bond donors (Lipinski definition) is 0. The highest BCUT2D eigenvalue weighted by atomic mass is 79.9. The summed E-state index contributed by atoms with van der Waals surface area (Å²) in [6.45, 7) is 0. The maximum absolute atomic E-state index is 13.5. The van der Waals surface area contributed by atoms with Crippen LogP contribution in [-0.2, 0) is 0 Å². The van der Waals surface area contributed by atoms with Crippen molar-refractivity contribution in [2.75, 3.05) is 0 Å². The number of hydrogen-bond acceptors (Lipinski definition) is 1. The van der Waals surface area contributed by atoms with Crippen molar-refractivity contribution in [3.8, 4) is 0 Å². The minimum Gasteiger partial charge on any atom is -0.252 e. The van der Waals surface area contributed by atoms with Crippen molar-refractivity contribution in [3.63, 3.8) is 0 Å². The van der Waals surface area contributed by atoms with E-state index in [1.54, 1.807) is 12.1 Å². The van der Waals surface area contributed by atoms with Crippen molar-refractivity contribution in [1.82, 2.24) is 4.98 Å². The maximum Gasteiger partial charge on any atom is 0.163 e. The van der Waals surface area contributed by atoms with Crippen LogP contribution < -0.4 is 0 Å². The van der Waals surface area contributed by atoms with Crippen LogP contribution in [-0.4, -0.2) is 4.98 Å². The quantitative estimate of drug-likeness (QED) is 0.686. The molecule has 0 saturated carbocycles. The number of pyridine rings is 1. The fraction of sp³-hybridized carbons (Fsp3) is 0. The summed E-state index contributed by atoms with van der Waals surface area (Å²) in [7, 11) is 0. The normalized spacial score (nSPS) is 10.9. The van der Waals surface area contributed by atoms with Crippen LogP contribution in [0.2, 0.25) is 5.02 Å². The molecule has 0 saturated heterocycles. The molecule has 0 radical (unpaired) electrons. The lowest BCUT2D eigenvalue weighted by atomic mass is 10.2. The fourth-order valence-electron chi connectivity index (χ4n) is 1.15. The van der Waals surface area contributed by atoms with E-state index in [-0.39, 0.29) is 5.52 Å². The molecule has 0 aliphatic rings. The van der Waals surface area contributed by atoms with E-state index in [2.05, 4.69) is 36.8 Å². The van der Waals surface area contributed by atoms with Crippen molar-refractivity contribution in [2.45, 2.75) is 0 Å². The monoisotopic (exact) mass is 337 g/mol.